The molecular formula is C18H22N2O2. The third-order valence-corrected chi connectivity index (χ3v) is 4.79. The van der Waals surface area contributed by atoms with Crippen molar-refractivity contribution in [1.29, 1.82) is 0 Å². The molecule has 1 aliphatic carbocycles. The molecule has 0 heterocycles. The lowest BCUT2D eigenvalue weighted by Gasteiger charge is -2.30. The molecule has 0 aliphatic heterocycles. The zero-order valence-corrected chi connectivity index (χ0v) is 12.8. The molecule has 0 saturated heterocycles. The maximum Gasteiger partial charge on any atom is 0.319 e. The summed E-state index contributed by atoms with van der Waals surface area (Å²) in [5.41, 5.74) is 0.593. The molecule has 3 N–H and O–H groups in total. The van der Waals surface area contributed by atoms with Crippen LogP contribution >= 0.6 is 0 Å². The van der Waals surface area contributed by atoms with Crippen molar-refractivity contribution in [3.63, 3.8) is 0 Å². The Morgan fingerprint density at radius 3 is 2.86 bits per heavy atom. The van der Waals surface area contributed by atoms with Crippen LogP contribution < -0.4 is 10.6 Å². The van der Waals surface area contributed by atoms with Crippen molar-refractivity contribution in [2.75, 3.05) is 11.9 Å². The molecule has 0 spiro atoms. The van der Waals surface area contributed by atoms with E-state index in [1.54, 1.807) is 0 Å². The fourth-order valence-corrected chi connectivity index (χ4v) is 3.32. The highest BCUT2D eigenvalue weighted by molar-refractivity contribution is 6.01. The smallest absolute Gasteiger partial charge is 0.319 e. The molecule has 0 radical (unpaired) electrons. The van der Waals surface area contributed by atoms with E-state index < -0.39 is 0 Å². The highest BCUT2D eigenvalue weighted by Crippen LogP contribution is 2.37. The largest absolute Gasteiger partial charge is 0.396 e. The van der Waals surface area contributed by atoms with E-state index in [0.717, 1.165) is 35.7 Å². The van der Waals surface area contributed by atoms with Crippen molar-refractivity contribution < 1.29 is 9.90 Å². The quantitative estimate of drug-likeness (QED) is 0.812. The Hall–Kier alpha value is -2.07. The van der Waals surface area contributed by atoms with Crippen LogP contribution in [-0.4, -0.2) is 23.8 Å². The van der Waals surface area contributed by atoms with Crippen LogP contribution in [0.15, 0.2) is 42.5 Å². The SMILES string of the molecule is CC1(CO)CCCC1NC(=O)Nc1cccc2ccccc12. The molecule has 4 heteroatoms. The molecule has 2 amide bonds. The molecule has 0 bridgehead atoms. The monoisotopic (exact) mass is 298 g/mol. The average molecular weight is 298 g/mol. The number of anilines is 1. The summed E-state index contributed by atoms with van der Waals surface area (Å²) in [6.07, 6.45) is 2.90. The van der Waals surface area contributed by atoms with Crippen LogP contribution in [0.2, 0.25) is 0 Å². The van der Waals surface area contributed by atoms with Gasteiger partial charge in [0.05, 0.1) is 12.3 Å². The predicted octanol–water partition coefficient (Wildman–Crippen LogP) is 3.51. The molecule has 1 saturated carbocycles. The van der Waals surface area contributed by atoms with Crippen LogP contribution in [0.1, 0.15) is 26.2 Å². The summed E-state index contributed by atoms with van der Waals surface area (Å²) in [5, 5.41) is 17.7. The van der Waals surface area contributed by atoms with E-state index in [0.29, 0.717) is 0 Å². The standard InChI is InChI=1S/C18H22N2O2/c1-18(12-21)11-5-10-16(18)20-17(22)19-15-9-4-7-13-6-2-3-8-14(13)15/h2-4,6-9,16,21H,5,10-12H2,1H3,(H2,19,20,22). The van der Waals surface area contributed by atoms with Crippen LogP contribution in [0.25, 0.3) is 10.8 Å². The molecule has 2 aromatic rings. The zero-order chi connectivity index (χ0) is 15.6. The molecule has 2 unspecified atom stereocenters. The van der Waals surface area contributed by atoms with E-state index in [4.69, 9.17) is 0 Å². The second kappa shape index (κ2) is 5.97. The predicted molar refractivity (Wildman–Crippen MR) is 88.9 cm³/mol. The topological polar surface area (TPSA) is 61.4 Å². The first-order chi connectivity index (χ1) is 10.6. The molecule has 1 aliphatic rings. The third-order valence-electron chi connectivity index (χ3n) is 4.79. The van der Waals surface area contributed by atoms with E-state index >= 15 is 0 Å². The third kappa shape index (κ3) is 2.79. The Kier molecular flexibility index (Phi) is 4.03. The van der Waals surface area contributed by atoms with Gasteiger partial charge in [-0.15, -0.1) is 0 Å². The molecule has 22 heavy (non-hydrogen) atoms. The number of aliphatic hydroxyl groups excluding tert-OH is 1. The minimum Gasteiger partial charge on any atom is -0.396 e. The van der Waals surface area contributed by atoms with Crippen molar-refractivity contribution >= 4 is 22.5 Å². The summed E-state index contributed by atoms with van der Waals surface area (Å²) < 4.78 is 0. The molecule has 1 fully saturated rings. The first kappa shape index (κ1) is 14.9. The maximum absolute atomic E-state index is 12.3. The molecule has 2 aromatic carbocycles. The highest BCUT2D eigenvalue weighted by Gasteiger charge is 2.39. The highest BCUT2D eigenvalue weighted by atomic mass is 16.3. The van der Waals surface area contributed by atoms with Gasteiger partial charge in [0.2, 0.25) is 0 Å². The Morgan fingerprint density at radius 1 is 1.27 bits per heavy atom. The van der Waals surface area contributed by atoms with Gasteiger partial charge in [-0.05, 0) is 24.3 Å². The minimum atomic E-state index is -0.212. The summed E-state index contributed by atoms with van der Waals surface area (Å²) in [7, 11) is 0. The normalized spacial score (nSPS) is 24.4. The van der Waals surface area contributed by atoms with Crippen molar-refractivity contribution in [2.45, 2.75) is 32.2 Å². The fourth-order valence-electron chi connectivity index (χ4n) is 3.32. The lowest BCUT2D eigenvalue weighted by molar-refractivity contribution is 0.122. The number of amides is 2. The summed E-state index contributed by atoms with van der Waals surface area (Å²) in [6, 6.07) is 13.7. The second-order valence-corrected chi connectivity index (χ2v) is 6.38. The number of nitrogens with one attached hydrogen (secondary N) is 2. The lowest BCUT2D eigenvalue weighted by Crippen LogP contribution is -2.46. The Labute approximate surface area is 130 Å². The lowest BCUT2D eigenvalue weighted by atomic mass is 9.86. The van der Waals surface area contributed by atoms with Gasteiger partial charge in [-0.3, -0.25) is 0 Å². The average Bonchev–Trinajstić information content (AvgIpc) is 2.89. The van der Waals surface area contributed by atoms with Crippen molar-refractivity contribution in [3.8, 4) is 0 Å². The number of rotatable bonds is 3. The molecule has 0 aromatic heterocycles. The molecular weight excluding hydrogens is 276 g/mol. The number of aliphatic hydroxyl groups is 1. The number of carbonyl (C=O) groups excluding carboxylic acids is 1. The van der Waals surface area contributed by atoms with Gasteiger partial charge in [-0.1, -0.05) is 49.7 Å². The van der Waals surface area contributed by atoms with E-state index in [1.807, 2.05) is 49.4 Å². The van der Waals surface area contributed by atoms with Gasteiger partial charge in [0.25, 0.3) is 0 Å². The van der Waals surface area contributed by atoms with E-state index in [-0.39, 0.29) is 24.1 Å². The first-order valence-electron chi connectivity index (χ1n) is 7.78. The fraction of sp³-hybridized carbons (Fsp3) is 0.389. The summed E-state index contributed by atoms with van der Waals surface area (Å²) in [5.74, 6) is 0. The van der Waals surface area contributed by atoms with E-state index in [1.165, 1.54) is 0 Å². The van der Waals surface area contributed by atoms with Gasteiger partial charge >= 0.3 is 6.03 Å². The van der Waals surface area contributed by atoms with Gasteiger partial charge in [0.1, 0.15) is 0 Å². The molecule has 2 atom stereocenters. The van der Waals surface area contributed by atoms with Crippen LogP contribution in [0.4, 0.5) is 10.5 Å². The number of fused-ring (bicyclic) bond motifs is 1. The molecule has 4 nitrogen and oxygen atoms in total. The first-order valence-corrected chi connectivity index (χ1v) is 7.78. The van der Waals surface area contributed by atoms with Crippen molar-refractivity contribution in [1.82, 2.24) is 5.32 Å². The van der Waals surface area contributed by atoms with Gasteiger partial charge in [-0.25, -0.2) is 4.79 Å². The number of benzene rings is 2. The van der Waals surface area contributed by atoms with Gasteiger partial charge in [0, 0.05) is 16.8 Å². The van der Waals surface area contributed by atoms with Crippen LogP contribution in [-0.2, 0) is 0 Å². The second-order valence-electron chi connectivity index (χ2n) is 6.38. The Bertz CT molecular complexity index is 680. The number of hydrogen-bond donors (Lipinski definition) is 3. The zero-order valence-electron chi connectivity index (χ0n) is 12.8. The minimum absolute atomic E-state index is 0.0208. The van der Waals surface area contributed by atoms with Crippen LogP contribution in [0.3, 0.4) is 0 Å². The van der Waals surface area contributed by atoms with Gasteiger partial charge in [-0.2, -0.15) is 0 Å². The van der Waals surface area contributed by atoms with Crippen LogP contribution in [0, 0.1) is 5.41 Å². The number of urea groups is 1. The van der Waals surface area contributed by atoms with Gasteiger partial charge in [0.15, 0.2) is 0 Å². The summed E-state index contributed by atoms with van der Waals surface area (Å²) >= 11 is 0. The molecule has 3 rings (SSSR count). The van der Waals surface area contributed by atoms with E-state index in [2.05, 4.69) is 10.6 Å². The van der Waals surface area contributed by atoms with Crippen molar-refractivity contribution in [2.24, 2.45) is 5.41 Å². The Morgan fingerprint density at radius 2 is 2.05 bits per heavy atom. The summed E-state index contributed by atoms with van der Waals surface area (Å²) in [6.45, 7) is 2.13. The van der Waals surface area contributed by atoms with Crippen LogP contribution in [0.5, 0.6) is 0 Å². The van der Waals surface area contributed by atoms with E-state index in [9.17, 15) is 9.90 Å². The van der Waals surface area contributed by atoms with Crippen molar-refractivity contribution in [3.05, 3.63) is 42.5 Å². The number of carbonyl (C=O) groups is 1. The van der Waals surface area contributed by atoms with Gasteiger partial charge < -0.3 is 15.7 Å². The molecule has 116 valence electrons. The Balaban J connectivity index is 1.74. The maximum atomic E-state index is 12.3. The summed E-state index contributed by atoms with van der Waals surface area (Å²) in [4.78, 5) is 12.3. The number of hydrogen-bond acceptors (Lipinski definition) is 2.